The smallest absolute Gasteiger partial charge is 0.228 e. The van der Waals surface area contributed by atoms with Gasteiger partial charge >= 0.3 is 0 Å². The molecule has 1 aromatic rings. The lowest BCUT2D eigenvalue weighted by molar-refractivity contribution is -0.121. The number of hydrogen-bond donors (Lipinski definition) is 1. The predicted molar refractivity (Wildman–Crippen MR) is 80.6 cm³/mol. The summed E-state index contributed by atoms with van der Waals surface area (Å²) in [7, 11) is 0. The molecule has 1 heterocycles. The van der Waals surface area contributed by atoms with Crippen LogP contribution in [0.25, 0.3) is 0 Å². The highest BCUT2D eigenvalue weighted by Crippen LogP contribution is 2.32. The first-order valence-electron chi connectivity index (χ1n) is 7.48. The van der Waals surface area contributed by atoms with Gasteiger partial charge in [0.25, 0.3) is 0 Å². The third-order valence-electron chi connectivity index (χ3n) is 4.08. The van der Waals surface area contributed by atoms with E-state index in [1.165, 1.54) is 31.7 Å². The molecule has 0 radical (unpaired) electrons. The van der Waals surface area contributed by atoms with Gasteiger partial charge in [0.05, 0.1) is 0 Å². The van der Waals surface area contributed by atoms with E-state index < -0.39 is 0 Å². The molecule has 110 valence electrons. The fourth-order valence-electron chi connectivity index (χ4n) is 2.83. The summed E-state index contributed by atoms with van der Waals surface area (Å²) in [6.45, 7) is 2.23. The minimum absolute atomic E-state index is 0.0290. The second-order valence-electron chi connectivity index (χ2n) is 5.54. The van der Waals surface area contributed by atoms with Crippen LogP contribution in [0.2, 0.25) is 5.15 Å². The van der Waals surface area contributed by atoms with Crippen molar-refractivity contribution in [2.75, 3.05) is 5.32 Å². The number of nitrogens with one attached hydrogen (secondary N) is 1. The van der Waals surface area contributed by atoms with Gasteiger partial charge in [0.2, 0.25) is 5.91 Å². The van der Waals surface area contributed by atoms with Gasteiger partial charge in [-0.1, -0.05) is 37.8 Å². The second-order valence-corrected chi connectivity index (χ2v) is 5.90. The first-order valence-corrected chi connectivity index (χ1v) is 7.86. The number of carbonyl (C=O) groups excluding carboxylic acids is 1. The van der Waals surface area contributed by atoms with Crippen LogP contribution < -0.4 is 5.32 Å². The van der Waals surface area contributed by atoms with E-state index in [0.717, 1.165) is 31.6 Å². The Bertz CT molecular complexity index is 444. The number of carbonyl (C=O) groups is 1. The van der Waals surface area contributed by atoms with Crippen molar-refractivity contribution >= 4 is 23.3 Å². The maximum atomic E-state index is 12.2. The highest BCUT2D eigenvalue weighted by molar-refractivity contribution is 6.32. The van der Waals surface area contributed by atoms with E-state index in [9.17, 15) is 4.79 Å². The largest absolute Gasteiger partial charge is 0.308 e. The average Bonchev–Trinajstić information content (AvgIpc) is 2.48. The van der Waals surface area contributed by atoms with E-state index in [4.69, 9.17) is 11.6 Å². The third kappa shape index (κ3) is 4.17. The van der Waals surface area contributed by atoms with Crippen molar-refractivity contribution in [2.45, 2.75) is 51.9 Å². The van der Waals surface area contributed by atoms with Gasteiger partial charge in [-0.3, -0.25) is 4.79 Å². The lowest BCUT2D eigenvalue weighted by Gasteiger charge is -2.27. The number of rotatable bonds is 5. The summed E-state index contributed by atoms with van der Waals surface area (Å²) in [6.07, 6.45) is 11.2. The molecule has 0 atom stereocenters. The molecule has 1 fully saturated rings. The summed E-state index contributed by atoms with van der Waals surface area (Å²) in [4.78, 5) is 20.2. The molecule has 0 aromatic carbocycles. The number of hydrogen-bond acceptors (Lipinski definition) is 3. The minimum atomic E-state index is 0.0290. The van der Waals surface area contributed by atoms with Gasteiger partial charge in [-0.25, -0.2) is 9.97 Å². The highest BCUT2D eigenvalue weighted by Gasteiger charge is 2.26. The fourth-order valence-corrected chi connectivity index (χ4v) is 2.98. The topological polar surface area (TPSA) is 54.9 Å². The second kappa shape index (κ2) is 7.58. The molecular weight excluding hydrogens is 274 g/mol. The number of anilines is 1. The van der Waals surface area contributed by atoms with Gasteiger partial charge in [-0.2, -0.15) is 0 Å². The van der Waals surface area contributed by atoms with Crippen LogP contribution in [0.1, 0.15) is 51.9 Å². The first kappa shape index (κ1) is 15.2. The standard InChI is InChI=1S/C15H22ClN3O/c1-2-3-4-11-5-7-12(8-6-11)15(20)19-14-13(16)17-9-10-18-14/h9-12H,2-8H2,1H3,(H,18,19,20). The van der Waals surface area contributed by atoms with E-state index in [1.807, 2.05) is 0 Å². The average molecular weight is 296 g/mol. The van der Waals surface area contributed by atoms with Crippen LogP contribution in [0.4, 0.5) is 5.82 Å². The van der Waals surface area contributed by atoms with Gasteiger partial charge in [0.15, 0.2) is 11.0 Å². The zero-order valence-electron chi connectivity index (χ0n) is 11.9. The molecule has 2 rings (SSSR count). The quantitative estimate of drug-likeness (QED) is 0.891. The Hall–Kier alpha value is -1.16. The number of aromatic nitrogens is 2. The molecule has 4 nitrogen and oxygen atoms in total. The zero-order chi connectivity index (χ0) is 14.4. The molecule has 1 aromatic heterocycles. The minimum Gasteiger partial charge on any atom is -0.308 e. The molecule has 1 N–H and O–H groups in total. The molecule has 1 aliphatic rings. The molecule has 0 aliphatic heterocycles. The number of nitrogens with zero attached hydrogens (tertiary/aromatic N) is 2. The Morgan fingerprint density at radius 2 is 2.00 bits per heavy atom. The molecule has 0 bridgehead atoms. The molecule has 5 heteroatoms. The van der Waals surface area contributed by atoms with Crippen LogP contribution in [0.3, 0.4) is 0 Å². The Labute approximate surface area is 125 Å². The maximum absolute atomic E-state index is 12.2. The number of halogens is 1. The molecule has 0 saturated heterocycles. The number of unbranched alkanes of at least 4 members (excludes halogenated alkanes) is 1. The third-order valence-corrected chi connectivity index (χ3v) is 4.36. The first-order chi connectivity index (χ1) is 9.70. The summed E-state index contributed by atoms with van der Waals surface area (Å²) in [5, 5.41) is 3.04. The molecule has 20 heavy (non-hydrogen) atoms. The summed E-state index contributed by atoms with van der Waals surface area (Å²) < 4.78 is 0. The number of amides is 1. The molecule has 1 aliphatic carbocycles. The Morgan fingerprint density at radius 3 is 2.65 bits per heavy atom. The van der Waals surface area contributed by atoms with Crippen LogP contribution >= 0.6 is 11.6 Å². The van der Waals surface area contributed by atoms with Crippen LogP contribution in [0.5, 0.6) is 0 Å². The van der Waals surface area contributed by atoms with Crippen molar-refractivity contribution in [3.8, 4) is 0 Å². The highest BCUT2D eigenvalue weighted by atomic mass is 35.5. The van der Waals surface area contributed by atoms with Crippen molar-refractivity contribution in [1.29, 1.82) is 0 Å². The van der Waals surface area contributed by atoms with Crippen molar-refractivity contribution < 1.29 is 4.79 Å². The van der Waals surface area contributed by atoms with Gasteiger partial charge in [-0.05, 0) is 31.6 Å². The van der Waals surface area contributed by atoms with Gasteiger partial charge in [-0.15, -0.1) is 0 Å². The molecule has 1 amide bonds. The SMILES string of the molecule is CCCCC1CCC(C(=O)Nc2nccnc2Cl)CC1. The lowest BCUT2D eigenvalue weighted by atomic mass is 9.79. The monoisotopic (exact) mass is 295 g/mol. The van der Waals surface area contributed by atoms with E-state index in [1.54, 1.807) is 0 Å². The van der Waals surface area contributed by atoms with Crippen LogP contribution in [-0.4, -0.2) is 15.9 Å². The normalized spacial score (nSPS) is 22.5. The van der Waals surface area contributed by atoms with Crippen molar-refractivity contribution in [1.82, 2.24) is 9.97 Å². The van der Waals surface area contributed by atoms with E-state index >= 15 is 0 Å². The molecule has 0 unspecified atom stereocenters. The van der Waals surface area contributed by atoms with Crippen LogP contribution in [0.15, 0.2) is 12.4 Å². The van der Waals surface area contributed by atoms with Gasteiger partial charge in [0, 0.05) is 18.3 Å². The lowest BCUT2D eigenvalue weighted by Crippen LogP contribution is -2.27. The van der Waals surface area contributed by atoms with Crippen LogP contribution in [-0.2, 0) is 4.79 Å². The Morgan fingerprint density at radius 1 is 1.30 bits per heavy atom. The van der Waals surface area contributed by atoms with E-state index in [-0.39, 0.29) is 17.0 Å². The Kier molecular flexibility index (Phi) is 5.77. The molecule has 0 spiro atoms. The van der Waals surface area contributed by atoms with E-state index in [0.29, 0.717) is 5.82 Å². The Balaban J connectivity index is 1.82. The summed E-state index contributed by atoms with van der Waals surface area (Å²) in [6, 6.07) is 0. The van der Waals surface area contributed by atoms with Crippen molar-refractivity contribution in [3.63, 3.8) is 0 Å². The van der Waals surface area contributed by atoms with Gasteiger partial charge in [0.1, 0.15) is 0 Å². The van der Waals surface area contributed by atoms with Crippen LogP contribution in [0, 0.1) is 11.8 Å². The zero-order valence-corrected chi connectivity index (χ0v) is 12.7. The molecule has 1 saturated carbocycles. The fraction of sp³-hybridized carbons (Fsp3) is 0.667. The van der Waals surface area contributed by atoms with Crippen molar-refractivity contribution in [2.24, 2.45) is 11.8 Å². The van der Waals surface area contributed by atoms with Gasteiger partial charge < -0.3 is 5.32 Å². The predicted octanol–water partition coefficient (Wildman–Crippen LogP) is 4.07. The van der Waals surface area contributed by atoms with E-state index in [2.05, 4.69) is 22.2 Å². The molecular formula is C15H22ClN3O. The van der Waals surface area contributed by atoms with Crippen molar-refractivity contribution in [3.05, 3.63) is 17.5 Å². The summed E-state index contributed by atoms with van der Waals surface area (Å²) >= 11 is 5.90. The summed E-state index contributed by atoms with van der Waals surface area (Å²) in [5.74, 6) is 1.29. The summed E-state index contributed by atoms with van der Waals surface area (Å²) in [5.41, 5.74) is 0. The maximum Gasteiger partial charge on any atom is 0.228 e.